The average Bonchev–Trinajstić information content (AvgIpc) is 2.51. The number of hydrogen-bond donors (Lipinski definition) is 7. The van der Waals surface area contributed by atoms with Gasteiger partial charge in [-0.25, -0.2) is 0 Å². The van der Waals surface area contributed by atoms with Crippen LogP contribution in [-0.2, 0) is 14.2 Å². The molecule has 2 fully saturated rings. The molecule has 7 N–H and O–H groups in total. The van der Waals surface area contributed by atoms with Crippen LogP contribution in [0.2, 0.25) is 0 Å². The first-order chi connectivity index (χ1) is 10.4. The lowest BCUT2D eigenvalue weighted by Gasteiger charge is -2.44. The van der Waals surface area contributed by atoms with Crippen molar-refractivity contribution in [1.82, 2.24) is 0 Å². The van der Waals surface area contributed by atoms with Gasteiger partial charge < -0.3 is 50.0 Å². The molecule has 0 amide bonds. The smallest absolute Gasteiger partial charge is 0.187 e. The van der Waals surface area contributed by atoms with Gasteiger partial charge in [0, 0.05) is 0 Å². The van der Waals surface area contributed by atoms with Crippen LogP contribution < -0.4 is 0 Å². The molecule has 22 heavy (non-hydrogen) atoms. The fraction of sp³-hybridized carbons (Fsp3) is 1.00. The third kappa shape index (κ3) is 3.41. The Kier molecular flexibility index (Phi) is 6.07. The Bertz CT molecular complexity index is 353. The van der Waals surface area contributed by atoms with Crippen molar-refractivity contribution < 1.29 is 50.0 Å². The Hall–Kier alpha value is -0.400. The van der Waals surface area contributed by atoms with E-state index in [1.165, 1.54) is 0 Å². The maximum Gasteiger partial charge on any atom is 0.187 e. The van der Waals surface area contributed by atoms with E-state index < -0.39 is 68.3 Å². The number of aliphatic hydroxyl groups excluding tert-OH is 7. The minimum Gasteiger partial charge on any atom is -0.394 e. The van der Waals surface area contributed by atoms with Crippen molar-refractivity contribution >= 4 is 0 Å². The van der Waals surface area contributed by atoms with Gasteiger partial charge in [-0.1, -0.05) is 0 Å². The Balaban J connectivity index is 2.07. The van der Waals surface area contributed by atoms with E-state index in [1.54, 1.807) is 0 Å². The van der Waals surface area contributed by atoms with E-state index in [0.717, 1.165) is 0 Å². The van der Waals surface area contributed by atoms with Gasteiger partial charge in [0.15, 0.2) is 6.29 Å². The van der Waals surface area contributed by atoms with Crippen LogP contribution in [0.3, 0.4) is 0 Å². The molecule has 0 saturated carbocycles. The maximum atomic E-state index is 9.99. The third-order valence-corrected chi connectivity index (χ3v) is 3.90. The average molecular weight is 326 g/mol. The zero-order valence-corrected chi connectivity index (χ0v) is 11.7. The molecule has 10 nitrogen and oxygen atoms in total. The summed E-state index contributed by atoms with van der Waals surface area (Å²) in [6, 6.07) is 0. The van der Waals surface area contributed by atoms with Gasteiger partial charge in [0.1, 0.15) is 48.8 Å². The van der Waals surface area contributed by atoms with Crippen molar-refractivity contribution in [2.24, 2.45) is 0 Å². The lowest BCUT2D eigenvalue weighted by molar-refractivity contribution is -0.335. The van der Waals surface area contributed by atoms with Crippen LogP contribution in [0.4, 0.5) is 0 Å². The Morgan fingerprint density at radius 1 is 0.818 bits per heavy atom. The van der Waals surface area contributed by atoms with Crippen LogP contribution in [0.25, 0.3) is 0 Å². The molecular weight excluding hydrogens is 304 g/mol. The molecule has 2 heterocycles. The summed E-state index contributed by atoms with van der Waals surface area (Å²) in [6.45, 7) is -1.32. The molecule has 0 aromatic heterocycles. The van der Waals surface area contributed by atoms with Gasteiger partial charge in [-0.2, -0.15) is 0 Å². The van der Waals surface area contributed by atoms with E-state index in [0.29, 0.717) is 0 Å². The Morgan fingerprint density at radius 2 is 1.45 bits per heavy atom. The highest BCUT2D eigenvalue weighted by molar-refractivity contribution is 4.92. The SMILES string of the molecule is OC[C@H]1OC(O[C@H]2[C@H](O)[C@@H](CO)OC[C@H]2O)[C@@H](O)[C@@H](O)[C@@H]1O. The molecule has 0 radical (unpaired) electrons. The summed E-state index contributed by atoms with van der Waals surface area (Å²) in [5, 5.41) is 67.2. The van der Waals surface area contributed by atoms with Gasteiger partial charge >= 0.3 is 0 Å². The first-order valence-corrected chi connectivity index (χ1v) is 6.95. The normalized spacial score (nSPS) is 50.0. The van der Waals surface area contributed by atoms with Crippen molar-refractivity contribution in [1.29, 1.82) is 0 Å². The molecule has 0 aromatic rings. The highest BCUT2D eigenvalue weighted by atomic mass is 16.7. The molecule has 0 bridgehead atoms. The fourth-order valence-electron chi connectivity index (χ4n) is 2.52. The van der Waals surface area contributed by atoms with Gasteiger partial charge in [-0.15, -0.1) is 0 Å². The predicted octanol–water partition coefficient (Wildman–Crippen LogP) is -4.72. The van der Waals surface area contributed by atoms with Crippen molar-refractivity contribution in [3.05, 3.63) is 0 Å². The first kappa shape index (κ1) is 17.9. The van der Waals surface area contributed by atoms with E-state index in [2.05, 4.69) is 0 Å². The molecule has 9 atom stereocenters. The van der Waals surface area contributed by atoms with E-state index in [1.807, 2.05) is 0 Å². The molecule has 2 rings (SSSR count). The van der Waals surface area contributed by atoms with Crippen LogP contribution in [-0.4, -0.2) is 111 Å². The highest BCUT2D eigenvalue weighted by Crippen LogP contribution is 2.26. The molecule has 2 saturated heterocycles. The number of rotatable bonds is 4. The van der Waals surface area contributed by atoms with E-state index in [-0.39, 0.29) is 6.61 Å². The molecule has 130 valence electrons. The number of ether oxygens (including phenoxy) is 3. The molecule has 0 aliphatic carbocycles. The lowest BCUT2D eigenvalue weighted by atomic mass is 9.97. The van der Waals surface area contributed by atoms with Crippen molar-refractivity contribution in [2.75, 3.05) is 19.8 Å². The minimum absolute atomic E-state index is 0.204. The van der Waals surface area contributed by atoms with Gasteiger partial charge in [0.25, 0.3) is 0 Å². The molecular formula is C12H22O10. The third-order valence-electron chi connectivity index (χ3n) is 3.90. The molecule has 0 aromatic carbocycles. The van der Waals surface area contributed by atoms with Crippen LogP contribution in [0.1, 0.15) is 0 Å². The second-order valence-corrected chi connectivity index (χ2v) is 5.41. The summed E-state index contributed by atoms with van der Waals surface area (Å²) in [4.78, 5) is 0. The summed E-state index contributed by atoms with van der Waals surface area (Å²) in [5.74, 6) is 0. The quantitative estimate of drug-likeness (QED) is 0.266. The lowest BCUT2D eigenvalue weighted by Crippen LogP contribution is -2.63. The highest BCUT2D eigenvalue weighted by Gasteiger charge is 2.48. The van der Waals surface area contributed by atoms with Crippen molar-refractivity contribution in [3.8, 4) is 0 Å². The first-order valence-electron chi connectivity index (χ1n) is 6.95. The minimum atomic E-state index is -1.65. The van der Waals surface area contributed by atoms with Gasteiger partial charge in [-0.05, 0) is 0 Å². The van der Waals surface area contributed by atoms with Gasteiger partial charge in [-0.3, -0.25) is 0 Å². The largest absolute Gasteiger partial charge is 0.394 e. The van der Waals surface area contributed by atoms with Crippen LogP contribution in [0.5, 0.6) is 0 Å². The van der Waals surface area contributed by atoms with Crippen LogP contribution in [0.15, 0.2) is 0 Å². The molecule has 2 aliphatic heterocycles. The van der Waals surface area contributed by atoms with Gasteiger partial charge in [0.05, 0.1) is 19.8 Å². The summed E-state index contributed by atoms with van der Waals surface area (Å²) < 4.78 is 15.5. The van der Waals surface area contributed by atoms with Crippen molar-refractivity contribution in [3.63, 3.8) is 0 Å². The number of hydrogen-bond acceptors (Lipinski definition) is 10. The topological polar surface area (TPSA) is 169 Å². The summed E-state index contributed by atoms with van der Waals surface area (Å²) in [7, 11) is 0. The van der Waals surface area contributed by atoms with Crippen molar-refractivity contribution in [2.45, 2.75) is 55.1 Å². The van der Waals surface area contributed by atoms with E-state index >= 15 is 0 Å². The Morgan fingerprint density at radius 3 is 2.05 bits per heavy atom. The van der Waals surface area contributed by atoms with E-state index in [9.17, 15) is 25.5 Å². The molecule has 1 unspecified atom stereocenters. The molecule has 10 heteroatoms. The van der Waals surface area contributed by atoms with Crippen LogP contribution >= 0.6 is 0 Å². The summed E-state index contributed by atoms with van der Waals surface area (Å²) in [6.07, 6.45) is -12.3. The standard InChI is InChI=1S/C12H22O10/c13-1-5-8(17)11(4(15)3-20-5)22-12-10(19)9(18)7(16)6(2-14)21-12/h4-19H,1-3H2/t4-,5-,6-,7-,8-,9+,10+,11-,12?/m1/s1. The molecule has 0 spiro atoms. The second kappa shape index (κ2) is 7.45. The summed E-state index contributed by atoms with van der Waals surface area (Å²) >= 11 is 0. The fourth-order valence-corrected chi connectivity index (χ4v) is 2.52. The second-order valence-electron chi connectivity index (χ2n) is 5.41. The zero-order valence-electron chi connectivity index (χ0n) is 11.7. The van der Waals surface area contributed by atoms with Crippen LogP contribution in [0, 0.1) is 0 Å². The molecule has 2 aliphatic rings. The zero-order chi connectivity index (χ0) is 16.4. The predicted molar refractivity (Wildman–Crippen MR) is 67.5 cm³/mol. The van der Waals surface area contributed by atoms with E-state index in [4.69, 9.17) is 24.4 Å². The summed E-state index contributed by atoms with van der Waals surface area (Å²) in [5.41, 5.74) is 0. The monoisotopic (exact) mass is 326 g/mol. The maximum absolute atomic E-state index is 9.99. The number of aliphatic hydroxyl groups is 7. The Labute approximate surface area is 126 Å². The van der Waals surface area contributed by atoms with Gasteiger partial charge in [0.2, 0.25) is 0 Å².